The second-order valence-electron chi connectivity index (χ2n) is 2.93. The van der Waals surface area contributed by atoms with Crippen LogP contribution < -0.4 is 5.73 Å². The fraction of sp³-hybridized carbons (Fsp3) is 0.111. The van der Waals surface area contributed by atoms with Gasteiger partial charge in [-0.05, 0) is 28.9 Å². The van der Waals surface area contributed by atoms with E-state index in [-0.39, 0.29) is 0 Å². The summed E-state index contributed by atoms with van der Waals surface area (Å²) in [5, 5.41) is 0. The number of nitrogens with zero attached hydrogens (tertiary/aromatic N) is 3. The third kappa shape index (κ3) is 1.50. The van der Waals surface area contributed by atoms with Gasteiger partial charge < -0.3 is 5.73 Å². The minimum Gasteiger partial charge on any atom is -0.396 e. The summed E-state index contributed by atoms with van der Waals surface area (Å²) in [4.78, 5) is 8.30. The van der Waals surface area contributed by atoms with Crippen LogP contribution in [0.3, 0.4) is 0 Å². The number of anilines is 1. The number of hydrogen-bond acceptors (Lipinski definition) is 3. The van der Waals surface area contributed by atoms with Crippen molar-refractivity contribution in [1.29, 1.82) is 0 Å². The Morgan fingerprint density at radius 2 is 2.29 bits per heavy atom. The van der Waals surface area contributed by atoms with Crippen LogP contribution in [0, 0.1) is 6.92 Å². The Hall–Kier alpha value is -1.36. The van der Waals surface area contributed by atoms with Gasteiger partial charge in [0.05, 0.1) is 11.4 Å². The summed E-state index contributed by atoms with van der Waals surface area (Å²) >= 11 is 3.38. The molecular formula is C9H9BrN4. The molecule has 0 radical (unpaired) electrons. The number of halogens is 1. The van der Waals surface area contributed by atoms with Crippen molar-refractivity contribution in [3.63, 3.8) is 0 Å². The minimum atomic E-state index is 0.675. The molecule has 0 amide bonds. The summed E-state index contributed by atoms with van der Waals surface area (Å²) in [6, 6.07) is 1.87. The van der Waals surface area contributed by atoms with E-state index in [1.165, 1.54) is 0 Å². The van der Waals surface area contributed by atoms with E-state index in [4.69, 9.17) is 5.73 Å². The number of aryl methyl sites for hydroxylation is 1. The van der Waals surface area contributed by atoms with Crippen LogP contribution in [0.15, 0.2) is 29.3 Å². The van der Waals surface area contributed by atoms with E-state index in [1.807, 2.05) is 23.8 Å². The summed E-state index contributed by atoms with van der Waals surface area (Å²) in [6.07, 6.45) is 5.25. The maximum atomic E-state index is 5.77. The highest BCUT2D eigenvalue weighted by Crippen LogP contribution is 2.23. The van der Waals surface area contributed by atoms with Gasteiger partial charge in [0.15, 0.2) is 0 Å². The molecule has 0 saturated carbocycles. The Labute approximate surface area is 89.9 Å². The molecule has 0 unspecified atom stereocenters. The molecule has 5 heteroatoms. The summed E-state index contributed by atoms with van der Waals surface area (Å²) in [5.41, 5.74) is 7.25. The van der Waals surface area contributed by atoms with E-state index >= 15 is 0 Å². The van der Waals surface area contributed by atoms with E-state index in [9.17, 15) is 0 Å². The zero-order chi connectivity index (χ0) is 10.1. The van der Waals surface area contributed by atoms with Crippen LogP contribution in [-0.2, 0) is 0 Å². The first-order chi connectivity index (χ1) is 6.68. The lowest BCUT2D eigenvalue weighted by Crippen LogP contribution is -2.00. The van der Waals surface area contributed by atoms with Gasteiger partial charge in [0.25, 0.3) is 0 Å². The predicted molar refractivity (Wildman–Crippen MR) is 58.2 cm³/mol. The molecule has 0 spiro atoms. The number of nitrogens with two attached hydrogens (primary N) is 1. The molecule has 2 N–H and O–H groups in total. The van der Waals surface area contributed by atoms with Crippen LogP contribution >= 0.6 is 15.9 Å². The topological polar surface area (TPSA) is 56.7 Å². The number of pyridine rings is 1. The lowest BCUT2D eigenvalue weighted by molar-refractivity contribution is 0.975. The molecule has 14 heavy (non-hydrogen) atoms. The molecule has 0 atom stereocenters. The van der Waals surface area contributed by atoms with Gasteiger partial charge >= 0.3 is 0 Å². The molecule has 0 aromatic carbocycles. The lowest BCUT2D eigenvalue weighted by Gasteiger charge is -2.06. The Morgan fingerprint density at radius 3 is 2.86 bits per heavy atom. The van der Waals surface area contributed by atoms with Gasteiger partial charge in [0.2, 0.25) is 0 Å². The van der Waals surface area contributed by atoms with Gasteiger partial charge in [0.1, 0.15) is 12.1 Å². The third-order valence-corrected chi connectivity index (χ3v) is 2.61. The van der Waals surface area contributed by atoms with Crippen molar-refractivity contribution in [2.45, 2.75) is 6.92 Å². The Bertz CT molecular complexity index is 427. The van der Waals surface area contributed by atoms with Gasteiger partial charge in [-0.25, -0.2) is 9.97 Å². The Balaban J connectivity index is 2.57. The molecule has 2 heterocycles. The molecular weight excluding hydrogens is 244 g/mol. The standard InChI is InChI=1S/C9H9BrN4/c1-6-9(11)7(10)4-8(13-6)14-3-2-12-5-14/h2-5H,11H2,1H3. The first kappa shape index (κ1) is 9.21. The van der Waals surface area contributed by atoms with Gasteiger partial charge in [-0.15, -0.1) is 0 Å². The zero-order valence-corrected chi connectivity index (χ0v) is 9.19. The minimum absolute atomic E-state index is 0.675. The highest BCUT2D eigenvalue weighted by Gasteiger charge is 2.05. The molecule has 2 aromatic rings. The molecule has 0 fully saturated rings. The van der Waals surface area contributed by atoms with Crippen molar-refractivity contribution < 1.29 is 0 Å². The molecule has 0 saturated heterocycles. The normalized spacial score (nSPS) is 10.4. The van der Waals surface area contributed by atoms with Crippen LogP contribution in [-0.4, -0.2) is 14.5 Å². The van der Waals surface area contributed by atoms with Gasteiger partial charge in [0, 0.05) is 16.9 Å². The second-order valence-corrected chi connectivity index (χ2v) is 3.79. The fourth-order valence-corrected chi connectivity index (χ4v) is 1.65. The number of rotatable bonds is 1. The van der Waals surface area contributed by atoms with Crippen molar-refractivity contribution in [3.8, 4) is 5.82 Å². The highest BCUT2D eigenvalue weighted by atomic mass is 79.9. The maximum absolute atomic E-state index is 5.77. The number of hydrogen-bond donors (Lipinski definition) is 1. The van der Waals surface area contributed by atoms with E-state index < -0.39 is 0 Å². The van der Waals surface area contributed by atoms with E-state index in [0.717, 1.165) is 16.0 Å². The fourth-order valence-electron chi connectivity index (χ4n) is 1.16. The Kier molecular flexibility index (Phi) is 2.25. The molecule has 0 bridgehead atoms. The smallest absolute Gasteiger partial charge is 0.139 e. The van der Waals surface area contributed by atoms with Crippen molar-refractivity contribution >= 4 is 21.6 Å². The Morgan fingerprint density at radius 1 is 1.50 bits per heavy atom. The lowest BCUT2D eigenvalue weighted by atomic mass is 10.3. The zero-order valence-electron chi connectivity index (χ0n) is 7.61. The largest absolute Gasteiger partial charge is 0.396 e. The quantitative estimate of drug-likeness (QED) is 0.844. The third-order valence-electron chi connectivity index (χ3n) is 1.95. The predicted octanol–water partition coefficient (Wildman–Crippen LogP) is 1.92. The molecule has 2 rings (SSSR count). The van der Waals surface area contributed by atoms with Gasteiger partial charge in [-0.2, -0.15) is 0 Å². The van der Waals surface area contributed by atoms with E-state index in [1.54, 1.807) is 12.5 Å². The summed E-state index contributed by atoms with van der Waals surface area (Å²) in [7, 11) is 0. The van der Waals surface area contributed by atoms with Crippen molar-refractivity contribution in [2.75, 3.05) is 5.73 Å². The average molecular weight is 253 g/mol. The summed E-state index contributed by atoms with van der Waals surface area (Å²) in [5.74, 6) is 0.807. The molecule has 0 aliphatic rings. The van der Waals surface area contributed by atoms with Crippen LogP contribution in [0.4, 0.5) is 5.69 Å². The van der Waals surface area contributed by atoms with E-state index in [0.29, 0.717) is 5.69 Å². The first-order valence-corrected chi connectivity index (χ1v) is 4.88. The molecule has 0 aliphatic heterocycles. The van der Waals surface area contributed by atoms with E-state index in [2.05, 4.69) is 25.9 Å². The number of imidazole rings is 1. The van der Waals surface area contributed by atoms with Crippen LogP contribution in [0.5, 0.6) is 0 Å². The highest BCUT2D eigenvalue weighted by molar-refractivity contribution is 9.10. The van der Waals surface area contributed by atoms with Crippen LogP contribution in [0.1, 0.15) is 5.69 Å². The monoisotopic (exact) mass is 252 g/mol. The molecule has 4 nitrogen and oxygen atoms in total. The summed E-state index contributed by atoms with van der Waals surface area (Å²) in [6.45, 7) is 1.88. The van der Waals surface area contributed by atoms with Crippen LogP contribution in [0.2, 0.25) is 0 Å². The SMILES string of the molecule is Cc1nc(-n2ccnc2)cc(Br)c1N. The van der Waals surface area contributed by atoms with Gasteiger partial charge in [-0.1, -0.05) is 0 Å². The van der Waals surface area contributed by atoms with Crippen molar-refractivity contribution in [3.05, 3.63) is 35.0 Å². The first-order valence-electron chi connectivity index (χ1n) is 4.09. The summed E-state index contributed by atoms with van der Waals surface area (Å²) < 4.78 is 2.69. The molecule has 2 aromatic heterocycles. The van der Waals surface area contributed by atoms with Crippen molar-refractivity contribution in [1.82, 2.24) is 14.5 Å². The second kappa shape index (κ2) is 3.42. The van der Waals surface area contributed by atoms with Crippen LogP contribution in [0.25, 0.3) is 5.82 Å². The number of aromatic nitrogens is 3. The maximum Gasteiger partial charge on any atom is 0.139 e. The molecule has 0 aliphatic carbocycles. The molecule has 72 valence electrons. The number of nitrogen functional groups attached to an aromatic ring is 1. The van der Waals surface area contributed by atoms with Crippen molar-refractivity contribution in [2.24, 2.45) is 0 Å². The van der Waals surface area contributed by atoms with Gasteiger partial charge in [-0.3, -0.25) is 4.57 Å². The average Bonchev–Trinajstić information content (AvgIpc) is 2.66.